The van der Waals surface area contributed by atoms with Gasteiger partial charge in [-0.2, -0.15) is 0 Å². The van der Waals surface area contributed by atoms with Crippen LogP contribution < -0.4 is 14.4 Å². The van der Waals surface area contributed by atoms with Crippen LogP contribution in [0.15, 0.2) is 109 Å². The van der Waals surface area contributed by atoms with E-state index in [2.05, 4.69) is 5.32 Å². The predicted molar refractivity (Wildman–Crippen MR) is 181 cm³/mol. The molecule has 1 atom stereocenters. The van der Waals surface area contributed by atoms with E-state index in [4.69, 9.17) is 16.3 Å². The van der Waals surface area contributed by atoms with Gasteiger partial charge in [0.2, 0.25) is 21.8 Å². The van der Waals surface area contributed by atoms with Gasteiger partial charge in [-0.1, -0.05) is 85.1 Å². The number of para-hydroxylation sites is 1. The van der Waals surface area contributed by atoms with Gasteiger partial charge in [-0.3, -0.25) is 13.9 Å². The third kappa shape index (κ3) is 9.11. The molecule has 5 rings (SSSR count). The summed E-state index contributed by atoms with van der Waals surface area (Å²) in [6, 6.07) is 31.5. The number of amides is 2. The third-order valence-corrected chi connectivity index (χ3v) is 9.41. The van der Waals surface area contributed by atoms with Crippen LogP contribution in [0.2, 0.25) is 5.02 Å². The van der Waals surface area contributed by atoms with E-state index in [0.717, 1.165) is 47.4 Å². The van der Waals surface area contributed by atoms with Crippen LogP contribution in [0.25, 0.3) is 0 Å². The summed E-state index contributed by atoms with van der Waals surface area (Å²) in [6.45, 7) is -0.402. The van der Waals surface area contributed by atoms with Crippen molar-refractivity contribution in [1.29, 1.82) is 0 Å². The van der Waals surface area contributed by atoms with E-state index in [0.29, 0.717) is 22.2 Å². The lowest BCUT2D eigenvalue weighted by atomic mass is 10.0. The first-order valence-corrected chi connectivity index (χ1v) is 17.6. The molecule has 1 aliphatic rings. The third-order valence-electron chi connectivity index (χ3n) is 8.02. The second-order valence-electron chi connectivity index (χ2n) is 11.5. The zero-order valence-corrected chi connectivity index (χ0v) is 27.3. The molecule has 4 aromatic rings. The second-order valence-corrected chi connectivity index (χ2v) is 13.9. The van der Waals surface area contributed by atoms with Gasteiger partial charge in [-0.15, -0.1) is 0 Å². The van der Waals surface area contributed by atoms with Crippen LogP contribution in [0, 0.1) is 0 Å². The van der Waals surface area contributed by atoms with Gasteiger partial charge in [-0.05, 0) is 72.5 Å². The molecule has 8 nitrogen and oxygen atoms in total. The first-order chi connectivity index (χ1) is 22.2. The maximum atomic E-state index is 14.3. The Morgan fingerprint density at radius 2 is 1.41 bits per heavy atom. The molecule has 10 heteroatoms. The van der Waals surface area contributed by atoms with Gasteiger partial charge in [0, 0.05) is 24.0 Å². The fourth-order valence-corrected chi connectivity index (χ4v) is 6.60. The number of benzene rings is 4. The monoisotopic (exact) mass is 659 g/mol. The first kappa shape index (κ1) is 33.0. The molecule has 0 unspecified atom stereocenters. The number of nitrogens with one attached hydrogen (secondary N) is 1. The Balaban J connectivity index is 1.45. The Hall–Kier alpha value is -4.34. The highest BCUT2D eigenvalue weighted by Crippen LogP contribution is 2.27. The minimum Gasteiger partial charge on any atom is -0.457 e. The van der Waals surface area contributed by atoms with Crippen LogP contribution in [-0.4, -0.2) is 50.0 Å². The van der Waals surface area contributed by atoms with E-state index in [9.17, 15) is 18.0 Å². The lowest BCUT2D eigenvalue weighted by Gasteiger charge is -2.34. The molecule has 0 aliphatic heterocycles. The molecule has 0 heterocycles. The summed E-state index contributed by atoms with van der Waals surface area (Å²) in [7, 11) is -3.89. The van der Waals surface area contributed by atoms with Crippen LogP contribution in [0.1, 0.15) is 36.8 Å². The quantitative estimate of drug-likeness (QED) is 0.175. The summed E-state index contributed by atoms with van der Waals surface area (Å²) in [5, 5.41) is 3.72. The number of carbonyl (C=O) groups is 2. The predicted octanol–water partition coefficient (Wildman–Crippen LogP) is 6.60. The fourth-order valence-electron chi connectivity index (χ4n) is 5.63. The molecule has 46 heavy (non-hydrogen) atoms. The van der Waals surface area contributed by atoms with Crippen molar-refractivity contribution >= 4 is 39.1 Å². The maximum Gasteiger partial charge on any atom is 0.244 e. The van der Waals surface area contributed by atoms with E-state index >= 15 is 0 Å². The molecule has 1 fully saturated rings. The normalized spacial score (nSPS) is 14.0. The molecule has 1 N–H and O–H groups in total. The van der Waals surface area contributed by atoms with Crippen molar-refractivity contribution in [2.45, 2.75) is 50.7 Å². The van der Waals surface area contributed by atoms with E-state index < -0.39 is 28.5 Å². The van der Waals surface area contributed by atoms with E-state index in [1.165, 1.54) is 4.90 Å². The van der Waals surface area contributed by atoms with Gasteiger partial charge in [0.15, 0.2) is 0 Å². The molecule has 240 valence electrons. The fraction of sp³-hybridized carbons (Fsp3) is 0.278. The minimum absolute atomic E-state index is 0.0439. The van der Waals surface area contributed by atoms with Crippen LogP contribution in [0.5, 0.6) is 11.5 Å². The summed E-state index contributed by atoms with van der Waals surface area (Å²) in [6.07, 6.45) is 5.19. The molecule has 0 saturated heterocycles. The highest BCUT2D eigenvalue weighted by molar-refractivity contribution is 7.92. The van der Waals surface area contributed by atoms with Gasteiger partial charge in [0.25, 0.3) is 0 Å². The van der Waals surface area contributed by atoms with E-state index in [1.54, 1.807) is 48.5 Å². The van der Waals surface area contributed by atoms with Gasteiger partial charge >= 0.3 is 0 Å². The average Bonchev–Trinajstić information content (AvgIpc) is 3.56. The van der Waals surface area contributed by atoms with Crippen molar-refractivity contribution in [3.8, 4) is 11.5 Å². The lowest BCUT2D eigenvalue weighted by Crippen LogP contribution is -2.54. The molecule has 0 spiro atoms. The lowest BCUT2D eigenvalue weighted by molar-refractivity contribution is -0.140. The first-order valence-electron chi connectivity index (χ1n) is 15.3. The zero-order chi connectivity index (χ0) is 32.5. The minimum atomic E-state index is -3.89. The Kier molecular flexibility index (Phi) is 11.0. The number of carbonyl (C=O) groups excluding carboxylic acids is 2. The number of rotatable bonds is 13. The Morgan fingerprint density at radius 3 is 2.02 bits per heavy atom. The Morgan fingerprint density at radius 1 is 0.826 bits per heavy atom. The summed E-state index contributed by atoms with van der Waals surface area (Å²) >= 11 is 6.14. The highest BCUT2D eigenvalue weighted by Gasteiger charge is 2.34. The van der Waals surface area contributed by atoms with E-state index in [-0.39, 0.29) is 24.9 Å². The number of anilines is 1. The SMILES string of the molecule is CS(=O)(=O)N(CC(=O)N(Cc1ccc(Cl)cc1)[C@H](Cc1ccccc1)C(=O)NC1CCCC1)c1ccc(Oc2ccccc2)cc1. The molecule has 2 amide bonds. The number of nitrogens with zero attached hydrogens (tertiary/aromatic N) is 2. The zero-order valence-electron chi connectivity index (χ0n) is 25.7. The Bertz CT molecular complexity index is 1700. The van der Waals surface area contributed by atoms with Crippen LogP contribution >= 0.6 is 11.6 Å². The molecule has 0 aromatic heterocycles. The largest absolute Gasteiger partial charge is 0.457 e. The number of halogens is 1. The Labute approximate surface area is 276 Å². The average molecular weight is 660 g/mol. The van der Waals surface area contributed by atoms with Gasteiger partial charge in [0.05, 0.1) is 11.9 Å². The van der Waals surface area contributed by atoms with Crippen LogP contribution in [0.4, 0.5) is 5.69 Å². The summed E-state index contributed by atoms with van der Waals surface area (Å²) in [5.74, 6) is 0.396. The number of hydrogen-bond acceptors (Lipinski definition) is 5. The van der Waals surface area contributed by atoms with Crippen molar-refractivity contribution < 1.29 is 22.7 Å². The van der Waals surface area contributed by atoms with Gasteiger partial charge in [-0.25, -0.2) is 8.42 Å². The topological polar surface area (TPSA) is 96.0 Å². The van der Waals surface area contributed by atoms with Crippen LogP contribution in [0.3, 0.4) is 0 Å². The van der Waals surface area contributed by atoms with Crippen molar-refractivity contribution in [3.63, 3.8) is 0 Å². The molecule has 1 saturated carbocycles. The van der Waals surface area contributed by atoms with Crippen molar-refractivity contribution in [2.24, 2.45) is 0 Å². The van der Waals surface area contributed by atoms with Crippen molar-refractivity contribution in [3.05, 3.63) is 125 Å². The van der Waals surface area contributed by atoms with Gasteiger partial charge < -0.3 is 15.0 Å². The number of ether oxygens (including phenoxy) is 1. The van der Waals surface area contributed by atoms with Crippen LogP contribution in [-0.2, 0) is 32.6 Å². The second kappa shape index (κ2) is 15.3. The molecule has 0 radical (unpaired) electrons. The van der Waals surface area contributed by atoms with E-state index in [1.807, 2.05) is 60.7 Å². The highest BCUT2D eigenvalue weighted by atomic mass is 35.5. The summed E-state index contributed by atoms with van der Waals surface area (Å²) in [4.78, 5) is 29.8. The smallest absolute Gasteiger partial charge is 0.244 e. The molecular weight excluding hydrogens is 622 g/mol. The van der Waals surface area contributed by atoms with Gasteiger partial charge in [0.1, 0.15) is 24.1 Å². The van der Waals surface area contributed by atoms with Crippen molar-refractivity contribution in [1.82, 2.24) is 10.2 Å². The number of sulfonamides is 1. The molecule has 1 aliphatic carbocycles. The maximum absolute atomic E-state index is 14.3. The molecular formula is C36H38ClN3O5S. The summed E-state index contributed by atoms with van der Waals surface area (Å²) < 4.78 is 33.2. The summed E-state index contributed by atoms with van der Waals surface area (Å²) in [5.41, 5.74) is 1.95. The van der Waals surface area contributed by atoms with Crippen molar-refractivity contribution in [2.75, 3.05) is 17.1 Å². The number of hydrogen-bond donors (Lipinski definition) is 1. The molecule has 4 aromatic carbocycles. The molecule has 0 bridgehead atoms. The standard InChI is InChI=1S/C36H38ClN3O5S/c1-46(43,44)40(31-20-22-33(23-21-31)45-32-14-6-3-7-15-32)26-35(41)39(25-28-16-18-29(37)19-17-28)34(24-27-10-4-2-5-11-27)36(42)38-30-12-8-9-13-30/h2-7,10-11,14-23,30,34H,8-9,12-13,24-26H2,1H3,(H,38,42)/t34-/m1/s1.